The molecule has 0 spiro atoms. The van der Waals surface area contributed by atoms with Crippen LogP contribution in [0.5, 0.6) is 0 Å². The Balaban J connectivity index is 2.90. The number of aliphatic carboxylic acids is 1. The van der Waals surface area contributed by atoms with Crippen molar-refractivity contribution >= 4 is 23.7 Å². The van der Waals surface area contributed by atoms with Gasteiger partial charge in [0.2, 0.25) is 17.7 Å². The number of amides is 3. The van der Waals surface area contributed by atoms with E-state index in [9.17, 15) is 19.2 Å². The largest absolute Gasteiger partial charge is 0.480 e. The van der Waals surface area contributed by atoms with E-state index in [0.29, 0.717) is 19.4 Å². The van der Waals surface area contributed by atoms with E-state index >= 15 is 0 Å². The van der Waals surface area contributed by atoms with E-state index in [1.807, 2.05) is 27.7 Å². The van der Waals surface area contributed by atoms with E-state index in [4.69, 9.17) is 15.9 Å². The van der Waals surface area contributed by atoms with E-state index in [-0.39, 0.29) is 24.2 Å². The third kappa shape index (κ3) is 6.94. The van der Waals surface area contributed by atoms with E-state index < -0.39 is 48.6 Å². The van der Waals surface area contributed by atoms with Crippen LogP contribution in [-0.2, 0) is 19.2 Å². The molecule has 30 heavy (non-hydrogen) atoms. The molecule has 5 atom stereocenters. The number of carbonyl (C=O) groups is 4. The van der Waals surface area contributed by atoms with Crippen LogP contribution in [0.2, 0.25) is 0 Å². The summed E-state index contributed by atoms with van der Waals surface area (Å²) < 4.78 is 0. The Kier molecular flexibility index (Phi) is 10.2. The molecule has 0 aliphatic carbocycles. The highest BCUT2D eigenvalue weighted by Crippen LogP contribution is 2.21. The molecule has 0 bridgehead atoms. The molecule has 5 unspecified atom stereocenters. The summed E-state index contributed by atoms with van der Waals surface area (Å²) in [6.45, 7) is 7.22. The van der Waals surface area contributed by atoms with Gasteiger partial charge in [-0.2, -0.15) is 0 Å². The molecular weight excluding hydrogens is 392 g/mol. The number of hydrogen-bond donors (Lipinski definition) is 5. The molecule has 10 nitrogen and oxygen atoms in total. The van der Waals surface area contributed by atoms with Crippen LogP contribution in [0.3, 0.4) is 0 Å². The standard InChI is InChI=1S/C20H36N4O6/c1-5-12(4)16(21)19(28)24-8-6-7-15(24)18(27)22-13(9-11(2)3)17(26)23-14(10-25)20(29)30/h11-16,25H,5-10,21H2,1-4H3,(H,22,27)(H,23,26)(H,29,30). The summed E-state index contributed by atoms with van der Waals surface area (Å²) in [6, 6.07) is -3.85. The van der Waals surface area contributed by atoms with Gasteiger partial charge in [-0.15, -0.1) is 0 Å². The smallest absolute Gasteiger partial charge is 0.328 e. The molecular formula is C20H36N4O6. The Labute approximate surface area is 177 Å². The number of carboxylic acids is 1. The van der Waals surface area contributed by atoms with Crippen LogP contribution in [0.25, 0.3) is 0 Å². The van der Waals surface area contributed by atoms with Crippen LogP contribution in [0.1, 0.15) is 53.4 Å². The summed E-state index contributed by atoms with van der Waals surface area (Å²) in [5.41, 5.74) is 6.06. The zero-order chi connectivity index (χ0) is 23.0. The number of aliphatic hydroxyl groups is 1. The molecule has 1 aliphatic heterocycles. The van der Waals surface area contributed by atoms with E-state index in [1.165, 1.54) is 4.90 Å². The van der Waals surface area contributed by atoms with Gasteiger partial charge in [0.15, 0.2) is 0 Å². The van der Waals surface area contributed by atoms with Crippen LogP contribution in [0.4, 0.5) is 0 Å². The number of hydrogen-bond acceptors (Lipinski definition) is 6. The van der Waals surface area contributed by atoms with Crippen molar-refractivity contribution in [1.82, 2.24) is 15.5 Å². The quantitative estimate of drug-likeness (QED) is 0.295. The molecule has 10 heteroatoms. The predicted molar refractivity (Wildman–Crippen MR) is 110 cm³/mol. The first-order valence-corrected chi connectivity index (χ1v) is 10.5. The average Bonchev–Trinajstić information content (AvgIpc) is 3.18. The van der Waals surface area contributed by atoms with Gasteiger partial charge < -0.3 is 31.5 Å². The second-order valence-electron chi connectivity index (χ2n) is 8.37. The lowest BCUT2D eigenvalue weighted by atomic mass is 9.98. The monoisotopic (exact) mass is 428 g/mol. The van der Waals surface area contributed by atoms with Gasteiger partial charge in [-0.1, -0.05) is 34.1 Å². The fourth-order valence-electron chi connectivity index (χ4n) is 3.42. The zero-order valence-electron chi connectivity index (χ0n) is 18.3. The topological polar surface area (TPSA) is 162 Å². The number of likely N-dealkylation sites (tertiary alicyclic amines) is 1. The van der Waals surface area contributed by atoms with E-state index in [1.54, 1.807) is 0 Å². The van der Waals surface area contributed by atoms with Crippen molar-refractivity contribution in [2.45, 2.75) is 77.5 Å². The molecule has 0 aromatic heterocycles. The summed E-state index contributed by atoms with van der Waals surface area (Å²) in [5, 5.41) is 23.1. The second kappa shape index (κ2) is 11.8. The Hall–Kier alpha value is -2.20. The Bertz CT molecular complexity index is 626. The van der Waals surface area contributed by atoms with Crippen LogP contribution in [-0.4, -0.2) is 76.1 Å². The minimum absolute atomic E-state index is 0.0206. The van der Waals surface area contributed by atoms with Gasteiger partial charge in [-0.25, -0.2) is 4.79 Å². The number of aliphatic hydroxyl groups excluding tert-OH is 1. The Morgan fingerprint density at radius 2 is 1.77 bits per heavy atom. The summed E-state index contributed by atoms with van der Waals surface area (Å²) in [7, 11) is 0. The normalized spacial score (nSPS) is 20.4. The zero-order valence-corrected chi connectivity index (χ0v) is 18.3. The summed E-state index contributed by atoms with van der Waals surface area (Å²) >= 11 is 0. The number of carbonyl (C=O) groups excluding carboxylic acids is 3. The van der Waals surface area contributed by atoms with Crippen molar-refractivity contribution in [2.24, 2.45) is 17.6 Å². The molecule has 0 aromatic rings. The third-order valence-corrected chi connectivity index (χ3v) is 5.52. The van der Waals surface area contributed by atoms with Crippen LogP contribution in [0, 0.1) is 11.8 Å². The van der Waals surface area contributed by atoms with Gasteiger partial charge >= 0.3 is 5.97 Å². The molecule has 1 rings (SSSR count). The molecule has 1 fully saturated rings. The molecule has 0 saturated carbocycles. The van der Waals surface area contributed by atoms with Gasteiger partial charge in [0.25, 0.3) is 0 Å². The predicted octanol–water partition coefficient (Wildman–Crippen LogP) is -0.557. The molecule has 3 amide bonds. The molecule has 0 aromatic carbocycles. The summed E-state index contributed by atoms with van der Waals surface area (Å²) in [4.78, 5) is 50.8. The van der Waals surface area contributed by atoms with Crippen molar-refractivity contribution in [2.75, 3.05) is 13.2 Å². The lowest BCUT2D eigenvalue weighted by Gasteiger charge is -2.30. The maximum Gasteiger partial charge on any atom is 0.328 e. The first-order valence-electron chi connectivity index (χ1n) is 10.5. The highest BCUT2D eigenvalue weighted by molar-refractivity contribution is 5.94. The summed E-state index contributed by atoms with van der Waals surface area (Å²) in [5.74, 6) is -2.78. The van der Waals surface area contributed by atoms with E-state index in [0.717, 1.165) is 6.42 Å². The highest BCUT2D eigenvalue weighted by Gasteiger charge is 2.38. The SMILES string of the molecule is CCC(C)C(N)C(=O)N1CCCC1C(=O)NC(CC(C)C)C(=O)NC(CO)C(=O)O. The van der Waals surface area contributed by atoms with Gasteiger partial charge in [0.05, 0.1) is 12.6 Å². The Morgan fingerprint density at radius 3 is 2.27 bits per heavy atom. The number of carboxylic acid groups (broad SMARTS) is 1. The maximum absolute atomic E-state index is 12.9. The Morgan fingerprint density at radius 1 is 1.13 bits per heavy atom. The first kappa shape index (κ1) is 25.8. The van der Waals surface area contributed by atoms with Crippen molar-refractivity contribution in [3.8, 4) is 0 Å². The fourth-order valence-corrected chi connectivity index (χ4v) is 3.42. The second-order valence-corrected chi connectivity index (χ2v) is 8.37. The number of nitrogens with two attached hydrogens (primary N) is 1. The number of rotatable bonds is 11. The highest BCUT2D eigenvalue weighted by atomic mass is 16.4. The van der Waals surface area contributed by atoms with Gasteiger partial charge in [0.1, 0.15) is 18.1 Å². The first-order chi connectivity index (χ1) is 14.0. The van der Waals surface area contributed by atoms with Crippen molar-refractivity contribution in [3.05, 3.63) is 0 Å². The minimum atomic E-state index is -1.46. The fraction of sp³-hybridized carbons (Fsp3) is 0.800. The molecule has 172 valence electrons. The van der Waals surface area contributed by atoms with Crippen LogP contribution >= 0.6 is 0 Å². The number of nitrogens with one attached hydrogen (secondary N) is 2. The molecule has 1 saturated heterocycles. The molecule has 1 heterocycles. The van der Waals surface area contributed by atoms with Crippen molar-refractivity contribution < 1.29 is 29.4 Å². The average molecular weight is 429 g/mol. The molecule has 6 N–H and O–H groups in total. The van der Waals surface area contributed by atoms with Crippen molar-refractivity contribution in [1.29, 1.82) is 0 Å². The van der Waals surface area contributed by atoms with E-state index in [2.05, 4.69) is 10.6 Å². The van der Waals surface area contributed by atoms with Gasteiger partial charge in [-0.3, -0.25) is 14.4 Å². The lowest BCUT2D eigenvalue weighted by molar-refractivity contribution is -0.144. The summed E-state index contributed by atoms with van der Waals surface area (Å²) in [6.07, 6.45) is 2.14. The lowest BCUT2D eigenvalue weighted by Crippen LogP contribution is -2.57. The number of nitrogens with zero attached hydrogens (tertiary/aromatic N) is 1. The van der Waals surface area contributed by atoms with Crippen LogP contribution < -0.4 is 16.4 Å². The minimum Gasteiger partial charge on any atom is -0.480 e. The third-order valence-electron chi connectivity index (χ3n) is 5.52. The molecule has 0 radical (unpaired) electrons. The van der Waals surface area contributed by atoms with Crippen molar-refractivity contribution in [3.63, 3.8) is 0 Å². The molecule has 1 aliphatic rings. The van der Waals surface area contributed by atoms with Gasteiger partial charge in [0, 0.05) is 6.54 Å². The van der Waals surface area contributed by atoms with Gasteiger partial charge in [-0.05, 0) is 31.1 Å². The maximum atomic E-state index is 12.9. The van der Waals surface area contributed by atoms with Crippen LogP contribution in [0.15, 0.2) is 0 Å².